The fourth-order valence-corrected chi connectivity index (χ4v) is 2.27. The van der Waals surface area contributed by atoms with Crippen molar-refractivity contribution in [2.24, 2.45) is 5.73 Å². The Morgan fingerprint density at radius 2 is 1.85 bits per heavy atom. The van der Waals surface area contributed by atoms with Gasteiger partial charge in [-0.25, -0.2) is 0 Å². The van der Waals surface area contributed by atoms with E-state index in [9.17, 15) is 0 Å². The minimum absolute atomic E-state index is 0.497. The molecule has 4 heteroatoms. The van der Waals surface area contributed by atoms with Gasteiger partial charge in [0.05, 0.1) is 6.61 Å². The molecule has 0 spiro atoms. The molecule has 0 aliphatic rings. The summed E-state index contributed by atoms with van der Waals surface area (Å²) in [6.07, 6.45) is 0.963. The lowest BCUT2D eigenvalue weighted by Crippen LogP contribution is -1.98. The summed E-state index contributed by atoms with van der Waals surface area (Å²) in [6.45, 7) is 3.25. The third kappa shape index (κ3) is 3.74. The highest BCUT2D eigenvalue weighted by Crippen LogP contribution is 2.33. The van der Waals surface area contributed by atoms with Crippen molar-refractivity contribution in [3.05, 3.63) is 52.5 Å². The van der Waals surface area contributed by atoms with Crippen LogP contribution in [0.25, 0.3) is 0 Å². The molecule has 0 heterocycles. The summed E-state index contributed by atoms with van der Waals surface area (Å²) in [5.74, 6) is 2.23. The summed E-state index contributed by atoms with van der Waals surface area (Å²) < 4.78 is 12.5. The van der Waals surface area contributed by atoms with Crippen LogP contribution in [0.15, 0.2) is 46.9 Å². The molecule has 2 N–H and O–H groups in total. The average molecular weight is 336 g/mol. The molecule has 0 bridgehead atoms. The van der Waals surface area contributed by atoms with Gasteiger partial charge >= 0.3 is 0 Å². The minimum atomic E-state index is 0.497. The lowest BCUT2D eigenvalue weighted by Gasteiger charge is -2.12. The largest absolute Gasteiger partial charge is 0.490 e. The van der Waals surface area contributed by atoms with Gasteiger partial charge in [0, 0.05) is 11.0 Å². The second-order valence-electron chi connectivity index (χ2n) is 4.35. The van der Waals surface area contributed by atoms with Crippen LogP contribution in [0.1, 0.15) is 18.9 Å². The molecule has 0 aliphatic heterocycles. The third-order valence-electron chi connectivity index (χ3n) is 2.78. The van der Waals surface area contributed by atoms with Gasteiger partial charge < -0.3 is 15.2 Å². The van der Waals surface area contributed by atoms with Crippen LogP contribution in [0.3, 0.4) is 0 Å². The Hall–Kier alpha value is -1.52. The van der Waals surface area contributed by atoms with Crippen molar-refractivity contribution in [2.75, 3.05) is 6.61 Å². The smallest absolute Gasteiger partial charge is 0.169 e. The lowest BCUT2D eigenvalue weighted by atomic mass is 10.2. The first-order valence-corrected chi connectivity index (χ1v) is 7.42. The Morgan fingerprint density at radius 1 is 1.10 bits per heavy atom. The van der Waals surface area contributed by atoms with E-state index in [1.165, 1.54) is 0 Å². The second-order valence-corrected chi connectivity index (χ2v) is 5.21. The van der Waals surface area contributed by atoms with Gasteiger partial charge in [0.2, 0.25) is 0 Å². The number of para-hydroxylation sites is 2. The molecule has 2 aromatic carbocycles. The van der Waals surface area contributed by atoms with E-state index in [4.69, 9.17) is 15.2 Å². The molecule has 0 saturated carbocycles. The van der Waals surface area contributed by atoms with Gasteiger partial charge in [0.25, 0.3) is 0 Å². The number of rotatable bonds is 6. The van der Waals surface area contributed by atoms with Crippen molar-refractivity contribution in [1.29, 1.82) is 0 Å². The SMILES string of the molecule is CCCOc1ccccc1Oc1ccc(CN)c(Br)c1. The second kappa shape index (κ2) is 7.31. The molecule has 2 aromatic rings. The predicted molar refractivity (Wildman–Crippen MR) is 84.3 cm³/mol. The predicted octanol–water partition coefficient (Wildman–Crippen LogP) is 4.49. The molecule has 0 fully saturated rings. The summed E-state index contributed by atoms with van der Waals surface area (Å²) in [7, 11) is 0. The Bertz CT molecular complexity index is 572. The fraction of sp³-hybridized carbons (Fsp3) is 0.250. The molecule has 0 amide bonds. The Labute approximate surface area is 127 Å². The molecule has 20 heavy (non-hydrogen) atoms. The number of hydrogen-bond acceptors (Lipinski definition) is 3. The van der Waals surface area contributed by atoms with Crippen molar-refractivity contribution in [3.8, 4) is 17.2 Å². The van der Waals surface area contributed by atoms with Gasteiger partial charge in [-0.2, -0.15) is 0 Å². The normalized spacial score (nSPS) is 10.3. The summed E-state index contributed by atoms with van der Waals surface area (Å²) in [5.41, 5.74) is 6.69. The van der Waals surface area contributed by atoms with Crippen LogP contribution < -0.4 is 15.2 Å². The number of ether oxygens (including phenoxy) is 2. The van der Waals surface area contributed by atoms with Crippen LogP contribution in [0.5, 0.6) is 17.2 Å². The Kier molecular flexibility index (Phi) is 5.44. The molecule has 0 radical (unpaired) electrons. The van der Waals surface area contributed by atoms with Gasteiger partial charge in [0.1, 0.15) is 5.75 Å². The van der Waals surface area contributed by atoms with Crippen molar-refractivity contribution in [3.63, 3.8) is 0 Å². The molecule has 2 rings (SSSR count). The molecule has 0 saturated heterocycles. The number of halogens is 1. The monoisotopic (exact) mass is 335 g/mol. The standard InChI is InChI=1S/C16H18BrNO2/c1-2-9-19-15-5-3-4-6-16(15)20-13-8-7-12(11-18)14(17)10-13/h3-8,10H,2,9,11,18H2,1H3. The van der Waals surface area contributed by atoms with E-state index in [-0.39, 0.29) is 0 Å². The van der Waals surface area contributed by atoms with Crippen molar-refractivity contribution < 1.29 is 9.47 Å². The third-order valence-corrected chi connectivity index (χ3v) is 3.52. The molecule has 106 valence electrons. The molecule has 0 aliphatic carbocycles. The zero-order valence-corrected chi connectivity index (χ0v) is 13.0. The Balaban J connectivity index is 2.19. The minimum Gasteiger partial charge on any atom is -0.490 e. The van der Waals surface area contributed by atoms with Crippen LogP contribution in [0.2, 0.25) is 0 Å². The number of hydrogen-bond donors (Lipinski definition) is 1. The van der Waals surface area contributed by atoms with Crippen LogP contribution in [0, 0.1) is 0 Å². The van der Waals surface area contributed by atoms with Gasteiger partial charge in [-0.05, 0) is 36.2 Å². The van der Waals surface area contributed by atoms with Gasteiger partial charge in [-0.3, -0.25) is 0 Å². The first kappa shape index (κ1) is 14.9. The van der Waals surface area contributed by atoms with E-state index in [1.54, 1.807) is 0 Å². The van der Waals surface area contributed by atoms with Crippen LogP contribution in [-0.2, 0) is 6.54 Å². The molecular weight excluding hydrogens is 318 g/mol. The van der Waals surface area contributed by atoms with E-state index >= 15 is 0 Å². The summed E-state index contributed by atoms with van der Waals surface area (Å²) >= 11 is 3.49. The molecule has 0 atom stereocenters. The number of benzene rings is 2. The first-order chi connectivity index (χ1) is 9.74. The van der Waals surface area contributed by atoms with Gasteiger partial charge in [-0.15, -0.1) is 0 Å². The molecule has 3 nitrogen and oxygen atoms in total. The van der Waals surface area contributed by atoms with E-state index in [0.717, 1.165) is 28.0 Å². The van der Waals surface area contributed by atoms with Crippen LogP contribution in [-0.4, -0.2) is 6.61 Å². The van der Waals surface area contributed by atoms with Crippen molar-refractivity contribution in [1.82, 2.24) is 0 Å². The highest BCUT2D eigenvalue weighted by atomic mass is 79.9. The van der Waals surface area contributed by atoms with E-state index < -0.39 is 0 Å². The average Bonchev–Trinajstić information content (AvgIpc) is 2.46. The zero-order valence-electron chi connectivity index (χ0n) is 11.4. The topological polar surface area (TPSA) is 44.5 Å². The maximum Gasteiger partial charge on any atom is 0.169 e. The first-order valence-electron chi connectivity index (χ1n) is 6.62. The zero-order chi connectivity index (χ0) is 14.4. The maximum atomic E-state index is 5.89. The molecule has 0 unspecified atom stereocenters. The molecular formula is C16H18BrNO2. The highest BCUT2D eigenvalue weighted by Gasteiger charge is 2.07. The van der Waals surface area contributed by atoms with Gasteiger partial charge in [0.15, 0.2) is 11.5 Å². The maximum absolute atomic E-state index is 5.89. The summed E-state index contributed by atoms with van der Waals surface area (Å²) in [5, 5.41) is 0. The fourth-order valence-electron chi connectivity index (χ4n) is 1.75. The van der Waals surface area contributed by atoms with E-state index in [0.29, 0.717) is 18.9 Å². The van der Waals surface area contributed by atoms with Crippen LogP contribution in [0.4, 0.5) is 0 Å². The quantitative estimate of drug-likeness (QED) is 0.845. The Morgan fingerprint density at radius 3 is 2.50 bits per heavy atom. The summed E-state index contributed by atoms with van der Waals surface area (Å²) in [4.78, 5) is 0. The van der Waals surface area contributed by atoms with Gasteiger partial charge in [-0.1, -0.05) is 41.1 Å². The number of nitrogens with two attached hydrogens (primary N) is 1. The highest BCUT2D eigenvalue weighted by molar-refractivity contribution is 9.10. The molecule has 0 aromatic heterocycles. The van der Waals surface area contributed by atoms with Crippen LogP contribution >= 0.6 is 15.9 Å². The lowest BCUT2D eigenvalue weighted by molar-refractivity contribution is 0.302. The van der Waals surface area contributed by atoms with E-state index in [1.807, 2.05) is 42.5 Å². The van der Waals surface area contributed by atoms with Crippen molar-refractivity contribution >= 4 is 15.9 Å². The van der Waals surface area contributed by atoms with Crippen molar-refractivity contribution in [2.45, 2.75) is 19.9 Å². The summed E-state index contributed by atoms with van der Waals surface area (Å²) in [6, 6.07) is 13.4. The van der Waals surface area contributed by atoms with E-state index in [2.05, 4.69) is 22.9 Å².